The van der Waals surface area contributed by atoms with E-state index in [0.717, 1.165) is 5.56 Å². The number of nitrogens with one attached hydrogen (secondary N) is 1. The summed E-state index contributed by atoms with van der Waals surface area (Å²) in [5.41, 5.74) is 3.99. The predicted molar refractivity (Wildman–Crippen MR) is 85.6 cm³/mol. The zero-order chi connectivity index (χ0) is 15.5. The van der Waals surface area contributed by atoms with E-state index < -0.39 is 0 Å². The molecule has 0 aliphatic carbocycles. The van der Waals surface area contributed by atoms with Crippen LogP contribution in [0.2, 0.25) is 0 Å². The average molecular weight is 296 g/mol. The zero-order valence-corrected chi connectivity index (χ0v) is 11.9. The largest absolute Gasteiger partial charge is 0.508 e. The molecule has 0 atom stereocenters. The molecule has 0 bridgehead atoms. The fourth-order valence-electron chi connectivity index (χ4n) is 2.39. The van der Waals surface area contributed by atoms with Crippen LogP contribution in [-0.4, -0.2) is 14.7 Å². The number of anilines is 1. The Bertz CT molecular complexity index is 856. The first-order valence-electron chi connectivity index (χ1n) is 6.93. The summed E-state index contributed by atoms with van der Waals surface area (Å²) in [7, 11) is 0. The second kappa shape index (κ2) is 5.87. The summed E-state index contributed by atoms with van der Waals surface area (Å²) >= 11 is 0. The summed E-state index contributed by atoms with van der Waals surface area (Å²) in [4.78, 5) is 16.9. The average Bonchev–Trinajstić information content (AvgIpc) is 2.55. The van der Waals surface area contributed by atoms with Gasteiger partial charge in [-0.2, -0.15) is 0 Å². The van der Waals surface area contributed by atoms with Gasteiger partial charge < -0.3 is 5.11 Å². The van der Waals surface area contributed by atoms with Gasteiger partial charge in [0.15, 0.2) is 0 Å². The van der Waals surface area contributed by atoms with E-state index in [1.807, 2.05) is 24.3 Å². The van der Waals surface area contributed by atoms with E-state index in [0.29, 0.717) is 29.8 Å². The molecule has 0 fully saturated rings. The van der Waals surface area contributed by atoms with Crippen molar-refractivity contribution in [1.82, 2.24) is 9.55 Å². The summed E-state index contributed by atoms with van der Waals surface area (Å²) < 4.78 is 1.52. The number of phenolic OH excluding ortho intramolecular Hbond substituents is 1. The van der Waals surface area contributed by atoms with Gasteiger partial charge in [-0.3, -0.25) is 14.8 Å². The van der Waals surface area contributed by atoms with Crippen molar-refractivity contribution < 1.29 is 5.11 Å². The van der Waals surface area contributed by atoms with Gasteiger partial charge in [0.25, 0.3) is 5.56 Å². The number of aromatic nitrogens is 2. The van der Waals surface area contributed by atoms with Crippen LogP contribution >= 0.6 is 0 Å². The third-order valence-corrected chi connectivity index (χ3v) is 3.55. The highest BCUT2D eigenvalue weighted by Crippen LogP contribution is 2.13. The molecule has 0 aliphatic rings. The maximum absolute atomic E-state index is 12.6. The van der Waals surface area contributed by atoms with E-state index in [1.54, 1.807) is 24.3 Å². The Hall–Kier alpha value is -2.86. The highest BCUT2D eigenvalue weighted by molar-refractivity contribution is 5.78. The summed E-state index contributed by atoms with van der Waals surface area (Å²) in [6.07, 6.45) is 0.634. The van der Waals surface area contributed by atoms with Gasteiger partial charge in [0.1, 0.15) is 5.75 Å². The highest BCUT2D eigenvalue weighted by atomic mass is 16.3. The first-order chi connectivity index (χ1) is 10.7. The summed E-state index contributed by atoms with van der Waals surface area (Å²) in [5, 5.41) is 9.86. The van der Waals surface area contributed by atoms with Gasteiger partial charge in [-0.1, -0.05) is 24.3 Å². The second-order valence-electron chi connectivity index (χ2n) is 4.97. The van der Waals surface area contributed by atoms with Crippen LogP contribution in [0.5, 0.6) is 5.75 Å². The van der Waals surface area contributed by atoms with Crippen LogP contribution in [0.4, 0.5) is 5.95 Å². The van der Waals surface area contributed by atoms with E-state index in [9.17, 15) is 9.90 Å². The van der Waals surface area contributed by atoms with Crippen molar-refractivity contribution in [3.63, 3.8) is 0 Å². The summed E-state index contributed by atoms with van der Waals surface area (Å²) in [6.45, 7) is 0.445. The lowest BCUT2D eigenvalue weighted by Crippen LogP contribution is -2.27. The second-order valence-corrected chi connectivity index (χ2v) is 4.97. The lowest BCUT2D eigenvalue weighted by molar-refractivity contribution is 0.475. The quantitative estimate of drug-likeness (QED) is 0.502. The zero-order valence-electron chi connectivity index (χ0n) is 11.9. The van der Waals surface area contributed by atoms with Crippen molar-refractivity contribution in [3.8, 4) is 5.75 Å². The maximum atomic E-state index is 12.6. The Morgan fingerprint density at radius 2 is 1.86 bits per heavy atom. The molecule has 2 aromatic carbocycles. The lowest BCUT2D eigenvalue weighted by Gasteiger charge is -2.12. The number of nitrogen functional groups attached to an aromatic ring is 1. The van der Waals surface area contributed by atoms with E-state index >= 15 is 0 Å². The smallest absolute Gasteiger partial charge is 0.262 e. The number of hydrogen-bond acceptors (Lipinski definition) is 5. The Kier molecular flexibility index (Phi) is 3.76. The minimum atomic E-state index is -0.127. The molecule has 4 N–H and O–H groups in total. The summed E-state index contributed by atoms with van der Waals surface area (Å²) in [6, 6.07) is 14.1. The monoisotopic (exact) mass is 296 g/mol. The third-order valence-electron chi connectivity index (χ3n) is 3.55. The fourth-order valence-corrected chi connectivity index (χ4v) is 2.39. The fraction of sp³-hybridized carbons (Fsp3) is 0.125. The van der Waals surface area contributed by atoms with Gasteiger partial charge in [-0.05, 0) is 36.2 Å². The molecular weight excluding hydrogens is 280 g/mol. The number of nitrogens with two attached hydrogens (primary N) is 1. The van der Waals surface area contributed by atoms with Crippen LogP contribution in [0.25, 0.3) is 10.9 Å². The molecule has 6 nitrogen and oxygen atoms in total. The molecule has 112 valence electrons. The molecule has 1 heterocycles. The normalized spacial score (nSPS) is 10.8. The van der Waals surface area contributed by atoms with Crippen molar-refractivity contribution in [1.29, 1.82) is 0 Å². The predicted octanol–water partition coefficient (Wildman–Crippen LogP) is 1.63. The van der Waals surface area contributed by atoms with Crippen LogP contribution in [0, 0.1) is 0 Å². The molecule has 6 heteroatoms. The van der Waals surface area contributed by atoms with E-state index in [1.165, 1.54) is 4.57 Å². The van der Waals surface area contributed by atoms with Gasteiger partial charge in [0, 0.05) is 6.54 Å². The van der Waals surface area contributed by atoms with Gasteiger partial charge in [-0.25, -0.2) is 10.8 Å². The minimum Gasteiger partial charge on any atom is -0.508 e. The van der Waals surface area contributed by atoms with E-state index in [2.05, 4.69) is 10.4 Å². The first-order valence-corrected chi connectivity index (χ1v) is 6.93. The van der Waals surface area contributed by atoms with Crippen LogP contribution in [0.1, 0.15) is 5.56 Å². The maximum Gasteiger partial charge on any atom is 0.262 e. The first kappa shape index (κ1) is 14.1. The molecule has 0 radical (unpaired) electrons. The van der Waals surface area contributed by atoms with Crippen molar-refractivity contribution in [2.45, 2.75) is 13.0 Å². The van der Waals surface area contributed by atoms with Gasteiger partial charge in [-0.15, -0.1) is 0 Å². The Labute approximate surface area is 126 Å². The number of phenols is 1. The molecule has 0 unspecified atom stereocenters. The number of nitrogens with zero attached hydrogens (tertiary/aromatic N) is 2. The van der Waals surface area contributed by atoms with E-state index in [4.69, 9.17) is 5.84 Å². The standard InChI is InChI=1S/C16H16N4O2/c17-19-16-18-14-4-2-1-3-13(14)15(22)20(16)10-9-11-5-7-12(21)8-6-11/h1-8,21H,9-10,17H2,(H,18,19). The van der Waals surface area contributed by atoms with Crippen LogP contribution in [0.3, 0.4) is 0 Å². The number of aromatic hydroxyl groups is 1. The third kappa shape index (κ3) is 2.64. The molecule has 0 saturated heterocycles. The number of hydrazine groups is 1. The molecule has 0 aliphatic heterocycles. The topological polar surface area (TPSA) is 93.2 Å². The van der Waals surface area contributed by atoms with Crippen molar-refractivity contribution in [2.24, 2.45) is 5.84 Å². The SMILES string of the molecule is NNc1nc2ccccc2c(=O)n1CCc1ccc(O)cc1. The number of fused-ring (bicyclic) bond motifs is 1. The summed E-state index contributed by atoms with van der Waals surface area (Å²) in [5.74, 6) is 6.05. The number of para-hydroxylation sites is 1. The van der Waals surface area contributed by atoms with Crippen LogP contribution < -0.4 is 16.8 Å². The molecule has 0 saturated carbocycles. The molecule has 3 rings (SSSR count). The Balaban J connectivity index is 1.97. The highest BCUT2D eigenvalue weighted by Gasteiger charge is 2.09. The molecule has 22 heavy (non-hydrogen) atoms. The van der Waals surface area contributed by atoms with Crippen molar-refractivity contribution in [2.75, 3.05) is 5.43 Å². The van der Waals surface area contributed by atoms with Gasteiger partial charge in [0.05, 0.1) is 10.9 Å². The molecular formula is C16H16N4O2. The van der Waals surface area contributed by atoms with Crippen molar-refractivity contribution >= 4 is 16.9 Å². The minimum absolute atomic E-state index is 0.127. The molecule has 0 amide bonds. The van der Waals surface area contributed by atoms with Crippen LogP contribution in [-0.2, 0) is 13.0 Å². The molecule has 0 spiro atoms. The molecule has 1 aromatic heterocycles. The Morgan fingerprint density at radius 1 is 1.14 bits per heavy atom. The van der Waals surface area contributed by atoms with Gasteiger partial charge >= 0.3 is 0 Å². The van der Waals surface area contributed by atoms with E-state index in [-0.39, 0.29) is 11.3 Å². The van der Waals surface area contributed by atoms with Crippen LogP contribution in [0.15, 0.2) is 53.3 Å². The number of benzene rings is 2. The number of hydrogen-bond donors (Lipinski definition) is 3. The number of aryl methyl sites for hydroxylation is 1. The number of rotatable bonds is 4. The lowest BCUT2D eigenvalue weighted by atomic mass is 10.1. The van der Waals surface area contributed by atoms with Gasteiger partial charge in [0.2, 0.25) is 5.95 Å². The van der Waals surface area contributed by atoms with Crippen molar-refractivity contribution in [3.05, 3.63) is 64.4 Å². The molecule has 3 aromatic rings. The Morgan fingerprint density at radius 3 is 2.59 bits per heavy atom.